The fourth-order valence-electron chi connectivity index (χ4n) is 3.32. The van der Waals surface area contributed by atoms with Gasteiger partial charge in [0.2, 0.25) is 6.41 Å². The number of aliphatic hydroxyl groups is 1. The van der Waals surface area contributed by atoms with Gasteiger partial charge in [-0.2, -0.15) is 0 Å². The molecule has 0 spiro atoms. The summed E-state index contributed by atoms with van der Waals surface area (Å²) in [5.74, 6) is -0.735. The molecular weight excluding hydrogens is 443 g/mol. The number of halogens is 3. The zero-order chi connectivity index (χ0) is 19.9. The largest absolute Gasteiger partial charge is 0.491 e. The highest BCUT2D eigenvalue weighted by Gasteiger charge is 2.37. The number of piperazine rings is 1. The highest BCUT2D eigenvalue weighted by Crippen LogP contribution is 2.39. The van der Waals surface area contributed by atoms with E-state index < -0.39 is 17.8 Å². The van der Waals surface area contributed by atoms with Crippen LogP contribution in [0.4, 0.5) is 4.39 Å². The minimum absolute atomic E-state index is 0.0597. The standard InChI is InChI=1S/C18H23BrClFN2O4/c1-18(2,3)27-17(25)22-5-6-23-10(9-22)4-7-26-15-11(16(23)24)8-12(21)13(19)14(15)20/h8,10,17,25H,4-7,9H2,1-3H3/t10-,17?/m0/s1. The molecule has 2 aliphatic heterocycles. The lowest BCUT2D eigenvalue weighted by Crippen LogP contribution is -2.59. The Hall–Kier alpha value is -0.930. The van der Waals surface area contributed by atoms with Crippen LogP contribution in [0.2, 0.25) is 5.02 Å². The first-order chi connectivity index (χ1) is 12.6. The van der Waals surface area contributed by atoms with Crippen molar-refractivity contribution in [1.82, 2.24) is 9.80 Å². The van der Waals surface area contributed by atoms with Gasteiger partial charge in [0.15, 0.2) is 5.75 Å². The average Bonchev–Trinajstić information content (AvgIpc) is 2.58. The van der Waals surface area contributed by atoms with Crippen molar-refractivity contribution in [3.63, 3.8) is 0 Å². The van der Waals surface area contributed by atoms with Crippen LogP contribution in [0.25, 0.3) is 0 Å². The summed E-state index contributed by atoms with van der Waals surface area (Å²) in [4.78, 5) is 16.5. The molecule has 2 heterocycles. The van der Waals surface area contributed by atoms with Gasteiger partial charge in [0.05, 0.1) is 22.2 Å². The molecule has 3 rings (SSSR count). The van der Waals surface area contributed by atoms with Crippen LogP contribution >= 0.6 is 27.5 Å². The predicted molar refractivity (Wildman–Crippen MR) is 102 cm³/mol. The number of benzene rings is 1. The number of carbonyl (C=O) groups is 1. The Morgan fingerprint density at radius 3 is 2.81 bits per heavy atom. The predicted octanol–water partition coefficient (Wildman–Crippen LogP) is 3.24. The molecule has 0 radical (unpaired) electrons. The van der Waals surface area contributed by atoms with E-state index >= 15 is 0 Å². The first kappa shape index (κ1) is 20.8. The monoisotopic (exact) mass is 464 g/mol. The molecule has 6 nitrogen and oxygen atoms in total. The van der Waals surface area contributed by atoms with Crippen LogP contribution in [-0.2, 0) is 4.74 Å². The minimum atomic E-state index is -1.05. The summed E-state index contributed by atoms with van der Waals surface area (Å²) in [5, 5.41) is 10.4. The summed E-state index contributed by atoms with van der Waals surface area (Å²) in [7, 11) is 0. The van der Waals surface area contributed by atoms with E-state index in [0.29, 0.717) is 32.7 Å². The molecule has 1 unspecified atom stereocenters. The molecule has 150 valence electrons. The van der Waals surface area contributed by atoms with Gasteiger partial charge in [0.25, 0.3) is 5.91 Å². The number of hydrogen-bond acceptors (Lipinski definition) is 5. The van der Waals surface area contributed by atoms with Gasteiger partial charge in [-0.25, -0.2) is 4.39 Å². The summed E-state index contributed by atoms with van der Waals surface area (Å²) in [6, 6.07) is 0.975. The lowest BCUT2D eigenvalue weighted by Gasteiger charge is -2.44. The Bertz CT molecular complexity index is 743. The zero-order valence-electron chi connectivity index (χ0n) is 15.5. The number of rotatable bonds is 2. The normalized spacial score (nSPS) is 22.4. The zero-order valence-corrected chi connectivity index (χ0v) is 17.8. The van der Waals surface area contributed by atoms with E-state index in [9.17, 15) is 14.3 Å². The number of amides is 1. The van der Waals surface area contributed by atoms with E-state index in [0.717, 1.165) is 6.07 Å². The summed E-state index contributed by atoms with van der Waals surface area (Å²) in [6.07, 6.45) is -0.487. The number of ether oxygens (including phenoxy) is 2. The minimum Gasteiger partial charge on any atom is -0.491 e. The van der Waals surface area contributed by atoms with Crippen molar-refractivity contribution in [2.75, 3.05) is 26.2 Å². The Morgan fingerprint density at radius 2 is 2.15 bits per heavy atom. The molecule has 2 atom stereocenters. The number of nitrogens with zero attached hydrogens (tertiary/aromatic N) is 2. The smallest absolute Gasteiger partial charge is 0.258 e. The summed E-state index contributed by atoms with van der Waals surface area (Å²) >= 11 is 9.25. The second-order valence-electron chi connectivity index (χ2n) is 7.70. The van der Waals surface area contributed by atoms with Crippen LogP contribution in [0, 0.1) is 5.82 Å². The van der Waals surface area contributed by atoms with E-state index in [2.05, 4.69) is 15.9 Å². The van der Waals surface area contributed by atoms with Crippen LogP contribution in [0.15, 0.2) is 10.5 Å². The molecule has 1 fully saturated rings. The number of aliphatic hydroxyl groups excluding tert-OH is 1. The Kier molecular flexibility index (Phi) is 6.03. The molecule has 2 aliphatic rings. The van der Waals surface area contributed by atoms with Gasteiger partial charge in [0.1, 0.15) is 10.8 Å². The molecule has 0 bridgehead atoms. The summed E-state index contributed by atoms with van der Waals surface area (Å²) in [6.45, 7) is 7.20. The Balaban J connectivity index is 1.82. The third kappa shape index (κ3) is 4.40. The maximum absolute atomic E-state index is 14.1. The van der Waals surface area contributed by atoms with E-state index in [4.69, 9.17) is 21.1 Å². The molecule has 1 aromatic carbocycles. The van der Waals surface area contributed by atoms with Crippen LogP contribution in [-0.4, -0.2) is 65.1 Å². The van der Waals surface area contributed by atoms with E-state index in [1.54, 1.807) is 9.80 Å². The lowest BCUT2D eigenvalue weighted by atomic mass is 10.0. The van der Waals surface area contributed by atoms with Gasteiger partial charge in [-0.1, -0.05) is 11.6 Å². The third-order valence-electron chi connectivity index (χ3n) is 4.59. The van der Waals surface area contributed by atoms with Crippen LogP contribution in [0.3, 0.4) is 0 Å². The number of carbonyl (C=O) groups excluding carboxylic acids is 1. The second-order valence-corrected chi connectivity index (χ2v) is 8.87. The lowest BCUT2D eigenvalue weighted by molar-refractivity contribution is -0.246. The Labute approximate surface area is 171 Å². The summed E-state index contributed by atoms with van der Waals surface area (Å²) in [5.41, 5.74) is -0.373. The van der Waals surface area contributed by atoms with Gasteiger partial charge in [0, 0.05) is 32.1 Å². The van der Waals surface area contributed by atoms with E-state index in [-0.39, 0.29) is 32.8 Å². The van der Waals surface area contributed by atoms with E-state index in [1.807, 2.05) is 20.8 Å². The molecule has 1 aromatic rings. The molecule has 0 aromatic heterocycles. The van der Waals surface area contributed by atoms with Crippen LogP contribution in [0.5, 0.6) is 5.75 Å². The van der Waals surface area contributed by atoms with Crippen molar-refractivity contribution in [2.45, 2.75) is 45.2 Å². The SMILES string of the molecule is CC(C)(C)OC(O)N1CCN2C(=O)c3cc(F)c(Br)c(Cl)c3OCC[C@H]2C1. The number of hydrogen-bond donors (Lipinski definition) is 1. The summed E-state index contributed by atoms with van der Waals surface area (Å²) < 4.78 is 25.5. The quantitative estimate of drug-likeness (QED) is 0.537. The topological polar surface area (TPSA) is 62.2 Å². The Morgan fingerprint density at radius 1 is 1.44 bits per heavy atom. The fraction of sp³-hybridized carbons (Fsp3) is 0.611. The van der Waals surface area contributed by atoms with Crippen molar-refractivity contribution in [1.29, 1.82) is 0 Å². The fourth-order valence-corrected chi connectivity index (χ4v) is 3.86. The first-order valence-corrected chi connectivity index (χ1v) is 9.97. The highest BCUT2D eigenvalue weighted by atomic mass is 79.9. The van der Waals surface area contributed by atoms with Crippen molar-refractivity contribution >= 4 is 33.4 Å². The van der Waals surface area contributed by atoms with Crippen LogP contribution < -0.4 is 4.74 Å². The van der Waals surface area contributed by atoms with Crippen molar-refractivity contribution in [3.8, 4) is 5.75 Å². The maximum Gasteiger partial charge on any atom is 0.258 e. The van der Waals surface area contributed by atoms with Gasteiger partial charge in [-0.05, 0) is 42.8 Å². The van der Waals surface area contributed by atoms with Gasteiger partial charge in [-0.3, -0.25) is 9.69 Å². The molecule has 1 N–H and O–H groups in total. The van der Waals surface area contributed by atoms with Gasteiger partial charge < -0.3 is 19.5 Å². The van der Waals surface area contributed by atoms with Crippen molar-refractivity contribution in [2.24, 2.45) is 0 Å². The molecule has 1 saturated heterocycles. The molecule has 27 heavy (non-hydrogen) atoms. The van der Waals surface area contributed by atoms with Crippen LogP contribution in [0.1, 0.15) is 37.6 Å². The average molecular weight is 466 g/mol. The molecule has 9 heteroatoms. The molecule has 1 amide bonds. The highest BCUT2D eigenvalue weighted by molar-refractivity contribution is 9.10. The molecular formula is C18H23BrClFN2O4. The van der Waals surface area contributed by atoms with Gasteiger partial charge in [-0.15, -0.1) is 0 Å². The van der Waals surface area contributed by atoms with Crippen molar-refractivity contribution in [3.05, 3.63) is 26.9 Å². The van der Waals surface area contributed by atoms with Gasteiger partial charge >= 0.3 is 0 Å². The third-order valence-corrected chi connectivity index (χ3v) is 5.96. The maximum atomic E-state index is 14.1. The number of fused-ring (bicyclic) bond motifs is 2. The molecule has 0 saturated carbocycles. The van der Waals surface area contributed by atoms with Crippen molar-refractivity contribution < 1.29 is 23.8 Å². The van der Waals surface area contributed by atoms with E-state index in [1.165, 1.54) is 0 Å². The second kappa shape index (κ2) is 7.83. The first-order valence-electron chi connectivity index (χ1n) is 8.79. The molecule has 0 aliphatic carbocycles.